The number of Topliss-reactive ketones (excluding diaryl/α,β-unsaturated/α-hetero) is 6. The second kappa shape index (κ2) is 17.2. The largest absolute Gasteiger partial charge is 0.507 e. The standard InChI is InChI=1S/C51H54N4O13/c1-21(2)32-28-19-24-17-26-22(13-15-30(56)35(26)41(58)33(24)44(61)50(28,67)46(63)37(39(32)52)48(53)65)11-9-7-5-6-8-10-12-23-14-16-31(57)36-27(23)18-25-20-29-40(55(3)4)43(60)38(49(54)66)47(64)51(29,68)45(62)34(25)42(36)59/h13-16,21,24-25,28-29,33-34,37-38,40,43,56-57,60,67-68H,5-8,17-20,52H2,1-4H3,(H2,53,65)(H2,54,66)/t24-,25-,28-,29-,33?,34?,37?,38?,40-,43?,50-,51-/m1/s1. The quantitative estimate of drug-likeness (QED) is 0.104. The number of fused-ring (bicyclic) bond motifs is 6. The van der Waals surface area contributed by atoms with Gasteiger partial charge >= 0.3 is 0 Å². The number of amides is 2. The molecule has 5 unspecified atom stereocenters. The molecule has 68 heavy (non-hydrogen) atoms. The summed E-state index contributed by atoms with van der Waals surface area (Å²) in [6.45, 7) is 3.52. The molecule has 3 saturated carbocycles. The number of aromatic hydroxyl groups is 2. The third-order valence-corrected chi connectivity index (χ3v) is 15.5. The molecule has 2 aromatic carbocycles. The van der Waals surface area contributed by atoms with E-state index in [0.717, 1.165) is 0 Å². The molecule has 17 nitrogen and oxygen atoms in total. The van der Waals surface area contributed by atoms with Gasteiger partial charge in [0.25, 0.3) is 0 Å². The van der Waals surface area contributed by atoms with Crippen LogP contribution in [0.2, 0.25) is 0 Å². The molecule has 3 fully saturated rings. The van der Waals surface area contributed by atoms with Gasteiger partial charge in [0.2, 0.25) is 11.8 Å². The van der Waals surface area contributed by atoms with Crippen LogP contribution in [0.4, 0.5) is 0 Å². The predicted octanol–water partition coefficient (Wildman–Crippen LogP) is 0.172. The van der Waals surface area contributed by atoms with Crippen molar-refractivity contribution in [3.05, 3.63) is 68.9 Å². The number of rotatable bonds is 7. The van der Waals surface area contributed by atoms with Crippen molar-refractivity contribution in [1.82, 2.24) is 4.90 Å². The first-order valence-corrected chi connectivity index (χ1v) is 22.8. The number of phenolic OH excluding ortho intramolecular Hbond substituents is 2. The summed E-state index contributed by atoms with van der Waals surface area (Å²) in [5.41, 5.74) is 13.7. The molecule has 8 rings (SSSR count). The molecule has 17 heteroatoms. The Hall–Kier alpha value is -6.50. The number of unbranched alkanes of at least 4 members (excludes halogenated alkanes) is 3. The molecule has 6 aliphatic rings. The van der Waals surface area contributed by atoms with E-state index in [0.29, 0.717) is 53.5 Å². The molecule has 0 radical (unpaired) electrons. The lowest BCUT2D eigenvalue weighted by Crippen LogP contribution is -2.75. The minimum absolute atomic E-state index is 0.0257. The summed E-state index contributed by atoms with van der Waals surface area (Å²) in [5, 5.41) is 56.6. The predicted molar refractivity (Wildman–Crippen MR) is 240 cm³/mol. The van der Waals surface area contributed by atoms with Crippen LogP contribution in [-0.2, 0) is 41.6 Å². The summed E-state index contributed by atoms with van der Waals surface area (Å²) < 4.78 is 0. The average molecular weight is 931 g/mol. The lowest BCUT2D eigenvalue weighted by atomic mass is 9.52. The Morgan fingerprint density at radius 2 is 1.22 bits per heavy atom. The van der Waals surface area contributed by atoms with Crippen LogP contribution in [0.25, 0.3) is 0 Å². The third kappa shape index (κ3) is 7.00. The average Bonchev–Trinajstić information content (AvgIpc) is 3.25. The first-order valence-electron chi connectivity index (χ1n) is 22.8. The fourth-order valence-electron chi connectivity index (χ4n) is 12.5. The minimum atomic E-state index is -2.76. The zero-order chi connectivity index (χ0) is 49.6. The molecule has 0 aliphatic heterocycles. The maximum absolute atomic E-state index is 14.2. The molecule has 0 heterocycles. The molecule has 2 amide bonds. The summed E-state index contributed by atoms with van der Waals surface area (Å²) in [5.74, 6) is -7.20. The van der Waals surface area contributed by atoms with E-state index in [9.17, 15) is 63.9 Å². The van der Waals surface area contributed by atoms with Crippen molar-refractivity contribution in [1.29, 1.82) is 0 Å². The third-order valence-electron chi connectivity index (χ3n) is 15.5. The number of carbonyl (C=O) groups is 8. The Labute approximate surface area is 391 Å². The molecule has 0 aromatic heterocycles. The molecular weight excluding hydrogens is 877 g/mol. The number of aliphatic hydroxyl groups excluding tert-OH is 1. The number of carbonyl (C=O) groups excluding carboxylic acids is 8. The lowest BCUT2D eigenvalue weighted by molar-refractivity contribution is -0.190. The molecule has 0 bridgehead atoms. The molecule has 0 saturated heterocycles. The smallest absolute Gasteiger partial charge is 0.234 e. The zero-order valence-electron chi connectivity index (χ0n) is 38.0. The highest BCUT2D eigenvalue weighted by Gasteiger charge is 2.70. The van der Waals surface area contributed by atoms with E-state index in [1.165, 1.54) is 17.0 Å². The Balaban J connectivity index is 0.962. The minimum Gasteiger partial charge on any atom is -0.507 e. The lowest BCUT2D eigenvalue weighted by Gasteiger charge is -2.54. The highest BCUT2D eigenvalue weighted by Crippen LogP contribution is 2.54. The van der Waals surface area contributed by atoms with Crippen molar-refractivity contribution in [2.45, 2.75) is 88.6 Å². The number of likely N-dealkylation sites (N-methyl/N-ethyl adjacent to an activating group) is 1. The van der Waals surface area contributed by atoms with E-state index in [1.54, 1.807) is 40.1 Å². The van der Waals surface area contributed by atoms with Crippen LogP contribution < -0.4 is 17.2 Å². The summed E-state index contributed by atoms with van der Waals surface area (Å²) >= 11 is 0. The molecule has 12 atom stereocenters. The summed E-state index contributed by atoms with van der Waals surface area (Å²) in [7, 11) is 3.15. The summed E-state index contributed by atoms with van der Waals surface area (Å²) in [4.78, 5) is 110. The summed E-state index contributed by atoms with van der Waals surface area (Å²) in [6, 6.07) is 4.74. The van der Waals surface area contributed by atoms with E-state index < -0.39 is 117 Å². The maximum Gasteiger partial charge on any atom is 0.234 e. The molecule has 6 aliphatic carbocycles. The van der Waals surface area contributed by atoms with Gasteiger partial charge in [-0.1, -0.05) is 37.5 Å². The van der Waals surface area contributed by atoms with Crippen LogP contribution in [0.1, 0.15) is 95.3 Å². The zero-order valence-corrected chi connectivity index (χ0v) is 38.0. The number of ketones is 6. The maximum atomic E-state index is 14.2. The van der Waals surface area contributed by atoms with E-state index in [1.807, 2.05) is 0 Å². The SMILES string of the molecule is CC(C)C1=C(N)C(C(N)=O)C(=O)[C@]2(O)C(=O)C3C(=O)c4c(O)ccc(C#CCCCCC#Cc5ccc(O)c6c5C[C@@H]5C[C@@H]7[C@@H](N(C)C)C(O)C(C(N)=O)C(=O)[C@]7(O)C(=O)C5C6=O)c4C[C@@H]3C[C@H]12. The first-order chi connectivity index (χ1) is 32.0. The van der Waals surface area contributed by atoms with Crippen molar-refractivity contribution < 1.29 is 63.9 Å². The van der Waals surface area contributed by atoms with Gasteiger partial charge in [0.05, 0.1) is 29.1 Å². The van der Waals surface area contributed by atoms with Gasteiger partial charge in [-0.15, -0.1) is 0 Å². The number of aliphatic hydroxyl groups is 3. The van der Waals surface area contributed by atoms with Crippen molar-refractivity contribution in [3.8, 4) is 35.2 Å². The molecule has 356 valence electrons. The Kier molecular flexibility index (Phi) is 12.2. The van der Waals surface area contributed by atoms with Crippen molar-refractivity contribution in [3.63, 3.8) is 0 Å². The van der Waals surface area contributed by atoms with Crippen LogP contribution in [0, 0.1) is 76.9 Å². The van der Waals surface area contributed by atoms with Crippen molar-refractivity contribution in [2.75, 3.05) is 14.1 Å². The normalized spacial score (nSPS) is 32.7. The van der Waals surface area contributed by atoms with Gasteiger partial charge < -0.3 is 47.6 Å². The molecule has 11 N–H and O–H groups in total. The van der Waals surface area contributed by atoms with E-state index in [-0.39, 0.29) is 59.9 Å². The van der Waals surface area contributed by atoms with Gasteiger partial charge in [0.1, 0.15) is 23.3 Å². The van der Waals surface area contributed by atoms with E-state index in [4.69, 9.17) is 17.2 Å². The van der Waals surface area contributed by atoms with Crippen LogP contribution in [0.5, 0.6) is 11.5 Å². The van der Waals surface area contributed by atoms with Crippen LogP contribution in [-0.4, -0.2) is 114 Å². The fourth-order valence-corrected chi connectivity index (χ4v) is 12.5. The van der Waals surface area contributed by atoms with E-state index >= 15 is 0 Å². The number of primary amides is 2. The fraction of sp³-hybridized carbons (Fsp3) is 0.490. The van der Waals surface area contributed by atoms with Gasteiger partial charge in [-0.25, -0.2) is 0 Å². The van der Waals surface area contributed by atoms with Crippen molar-refractivity contribution in [2.24, 2.45) is 70.5 Å². The topological polar surface area (TPSA) is 319 Å². The van der Waals surface area contributed by atoms with Crippen LogP contribution in [0.3, 0.4) is 0 Å². The Morgan fingerprint density at radius 1 is 0.735 bits per heavy atom. The highest BCUT2D eigenvalue weighted by atomic mass is 16.3. The summed E-state index contributed by atoms with van der Waals surface area (Å²) in [6.07, 6.45) is 0.722. The number of nitrogens with two attached hydrogens (primary N) is 3. The van der Waals surface area contributed by atoms with E-state index in [2.05, 4.69) is 23.7 Å². The number of phenols is 2. The molecular formula is C51H54N4O13. The Bertz CT molecular complexity index is 2810. The first kappa shape index (κ1) is 48.0. The van der Waals surface area contributed by atoms with Gasteiger partial charge in [0, 0.05) is 47.5 Å². The van der Waals surface area contributed by atoms with Crippen molar-refractivity contribution >= 4 is 46.5 Å². The second-order valence-electron chi connectivity index (χ2n) is 19.7. The number of benzene rings is 2. The van der Waals surface area contributed by atoms with Gasteiger partial charge in [-0.3, -0.25) is 38.4 Å². The van der Waals surface area contributed by atoms with Gasteiger partial charge in [-0.05, 0) is 111 Å². The highest BCUT2D eigenvalue weighted by molar-refractivity contribution is 6.27. The monoisotopic (exact) mass is 930 g/mol. The Morgan fingerprint density at radius 3 is 1.68 bits per heavy atom. The second-order valence-corrected chi connectivity index (χ2v) is 19.7. The van der Waals surface area contributed by atoms with Crippen LogP contribution >= 0.6 is 0 Å². The number of nitrogens with zero attached hydrogens (tertiary/aromatic N) is 1. The molecule has 2 aromatic rings. The van der Waals surface area contributed by atoms with Gasteiger partial charge in [0.15, 0.2) is 45.9 Å². The van der Waals surface area contributed by atoms with Crippen LogP contribution in [0.15, 0.2) is 35.5 Å². The number of hydrogen-bond acceptors (Lipinski definition) is 15. The van der Waals surface area contributed by atoms with Gasteiger partial charge in [-0.2, -0.15) is 0 Å². The number of hydrogen-bond donors (Lipinski definition) is 8. The molecule has 0 spiro atoms.